The molecule has 0 spiro atoms. The minimum Gasteiger partial charge on any atom is -0.478 e. The molecule has 2 saturated carbocycles. The molecule has 4 aliphatic carbocycles. The lowest BCUT2D eigenvalue weighted by Crippen LogP contribution is -2.55. The van der Waals surface area contributed by atoms with Crippen molar-refractivity contribution in [3.63, 3.8) is 0 Å². The van der Waals surface area contributed by atoms with E-state index in [9.17, 15) is 15.0 Å². The fourth-order valence-electron chi connectivity index (χ4n) is 8.79. The van der Waals surface area contributed by atoms with Gasteiger partial charge in [0.15, 0.2) is 0 Å². The van der Waals surface area contributed by atoms with Gasteiger partial charge in [-0.25, -0.2) is 4.79 Å². The van der Waals surface area contributed by atoms with Crippen molar-refractivity contribution in [1.82, 2.24) is 0 Å². The van der Waals surface area contributed by atoms with Crippen LogP contribution in [0.15, 0.2) is 34.9 Å². The maximum atomic E-state index is 11.6. The number of aliphatic hydroxyl groups excluding tert-OH is 2. The predicted octanol–water partition coefficient (Wildman–Crippen LogP) is 6.29. The lowest BCUT2D eigenvalue weighted by atomic mass is 9.44. The molecule has 0 unspecified atom stereocenters. The molecule has 0 aromatic carbocycles. The molecule has 0 radical (unpaired) electrons. The van der Waals surface area contributed by atoms with E-state index >= 15 is 0 Å². The number of rotatable bonds is 5. The number of aliphatic hydroxyl groups is 2. The fourth-order valence-corrected chi connectivity index (χ4v) is 8.79. The van der Waals surface area contributed by atoms with Gasteiger partial charge < -0.3 is 15.3 Å². The number of hydrogen-bond acceptors (Lipinski definition) is 3. The largest absolute Gasteiger partial charge is 0.478 e. The fraction of sp³-hybridized carbons (Fsp3) is 0.767. The van der Waals surface area contributed by atoms with Crippen molar-refractivity contribution in [3.8, 4) is 0 Å². The van der Waals surface area contributed by atoms with Crippen LogP contribution < -0.4 is 0 Å². The van der Waals surface area contributed by atoms with Gasteiger partial charge in [0.1, 0.15) is 0 Å². The van der Waals surface area contributed by atoms with Crippen LogP contribution in [0.3, 0.4) is 0 Å². The average Bonchev–Trinajstić information content (AvgIpc) is 2.98. The zero-order valence-corrected chi connectivity index (χ0v) is 22.3. The summed E-state index contributed by atoms with van der Waals surface area (Å²) in [5.41, 5.74) is 2.84. The van der Waals surface area contributed by atoms with Gasteiger partial charge in [-0.3, -0.25) is 0 Å². The van der Waals surface area contributed by atoms with Gasteiger partial charge in [-0.15, -0.1) is 0 Å². The first-order valence-electron chi connectivity index (χ1n) is 13.4. The van der Waals surface area contributed by atoms with Crippen LogP contribution >= 0.6 is 0 Å². The molecule has 0 saturated heterocycles. The van der Waals surface area contributed by atoms with Crippen molar-refractivity contribution in [3.05, 3.63) is 34.9 Å². The Bertz CT molecular complexity index is 941. The number of aliphatic carboxylic acids is 1. The van der Waals surface area contributed by atoms with Gasteiger partial charge in [0.2, 0.25) is 0 Å². The van der Waals surface area contributed by atoms with E-state index in [1.54, 1.807) is 6.92 Å². The van der Waals surface area contributed by atoms with E-state index in [1.165, 1.54) is 11.1 Å². The molecule has 3 N–H and O–H groups in total. The van der Waals surface area contributed by atoms with Gasteiger partial charge >= 0.3 is 5.97 Å². The number of carboxylic acids is 1. The molecule has 8 atom stereocenters. The Balaban J connectivity index is 1.66. The molecule has 34 heavy (non-hydrogen) atoms. The molecule has 4 rings (SSSR count). The third-order valence-corrected chi connectivity index (χ3v) is 11.5. The van der Waals surface area contributed by atoms with Crippen LogP contribution in [-0.2, 0) is 4.79 Å². The SMILES string of the molecule is C/C(=C\CC[C@H](C)[C@H]1C[C@H](O)[C@@]2(C)C3=CC[C@H]4C(C)(C)[C@H](O)CC[C@]4(C)C3=CC[C@]12C)C(=O)O. The van der Waals surface area contributed by atoms with Gasteiger partial charge in [-0.05, 0) is 97.0 Å². The van der Waals surface area contributed by atoms with Crippen LogP contribution in [0.25, 0.3) is 0 Å². The quantitative estimate of drug-likeness (QED) is 0.413. The summed E-state index contributed by atoms with van der Waals surface area (Å²) in [4.78, 5) is 11.1. The van der Waals surface area contributed by atoms with E-state index in [2.05, 4.69) is 53.7 Å². The summed E-state index contributed by atoms with van der Waals surface area (Å²) in [7, 11) is 0. The Morgan fingerprint density at radius 2 is 1.79 bits per heavy atom. The smallest absolute Gasteiger partial charge is 0.330 e. The number of carbonyl (C=O) groups is 1. The van der Waals surface area contributed by atoms with Crippen LogP contribution in [0, 0.1) is 39.4 Å². The Morgan fingerprint density at radius 1 is 1.12 bits per heavy atom. The number of hydrogen-bond donors (Lipinski definition) is 3. The maximum absolute atomic E-state index is 11.6. The van der Waals surface area contributed by atoms with E-state index < -0.39 is 5.97 Å². The lowest BCUT2D eigenvalue weighted by molar-refractivity contribution is -0.132. The third-order valence-electron chi connectivity index (χ3n) is 11.5. The van der Waals surface area contributed by atoms with Crippen molar-refractivity contribution in [1.29, 1.82) is 0 Å². The van der Waals surface area contributed by atoms with Gasteiger partial charge in [0.25, 0.3) is 0 Å². The highest BCUT2D eigenvalue weighted by Gasteiger charge is 2.66. The Morgan fingerprint density at radius 3 is 2.44 bits per heavy atom. The zero-order valence-electron chi connectivity index (χ0n) is 22.3. The van der Waals surface area contributed by atoms with Gasteiger partial charge in [-0.1, -0.05) is 59.8 Å². The maximum Gasteiger partial charge on any atom is 0.330 e. The number of fused-ring (bicyclic) bond motifs is 5. The Kier molecular flexibility index (Phi) is 6.30. The van der Waals surface area contributed by atoms with E-state index in [4.69, 9.17) is 5.11 Å². The van der Waals surface area contributed by atoms with E-state index in [0.29, 0.717) is 23.3 Å². The second-order valence-electron chi connectivity index (χ2n) is 13.2. The van der Waals surface area contributed by atoms with Crippen molar-refractivity contribution < 1.29 is 20.1 Å². The van der Waals surface area contributed by atoms with Gasteiger partial charge in [0, 0.05) is 11.0 Å². The molecule has 4 heteroatoms. The summed E-state index contributed by atoms with van der Waals surface area (Å²) in [5, 5.41) is 31.6. The van der Waals surface area contributed by atoms with Crippen molar-refractivity contribution >= 4 is 5.97 Å². The minimum atomic E-state index is -0.845. The van der Waals surface area contributed by atoms with Crippen molar-refractivity contribution in [2.75, 3.05) is 0 Å². The lowest BCUT2D eigenvalue weighted by Gasteiger charge is -2.61. The van der Waals surface area contributed by atoms with E-state index in [0.717, 1.165) is 44.9 Å². The molecule has 4 nitrogen and oxygen atoms in total. The summed E-state index contributed by atoms with van der Waals surface area (Å²) in [6, 6.07) is 0. The molecule has 0 amide bonds. The molecule has 0 bridgehead atoms. The van der Waals surface area contributed by atoms with Gasteiger partial charge in [0.05, 0.1) is 12.2 Å². The van der Waals surface area contributed by atoms with Crippen LogP contribution in [0.4, 0.5) is 0 Å². The number of carboxylic acid groups (broad SMARTS) is 1. The molecule has 0 aromatic heterocycles. The molecule has 0 heterocycles. The average molecular weight is 471 g/mol. The molecular formula is C30H46O4. The minimum absolute atomic E-state index is 0.0282. The second kappa shape index (κ2) is 8.34. The number of allylic oxidation sites excluding steroid dienone is 4. The highest BCUT2D eigenvalue weighted by molar-refractivity contribution is 5.85. The summed E-state index contributed by atoms with van der Waals surface area (Å²) in [6.45, 7) is 15.5. The van der Waals surface area contributed by atoms with Gasteiger partial charge in [-0.2, -0.15) is 0 Å². The predicted molar refractivity (Wildman–Crippen MR) is 136 cm³/mol. The Labute approximate surface area is 206 Å². The first-order chi connectivity index (χ1) is 15.7. The summed E-state index contributed by atoms with van der Waals surface area (Å²) < 4.78 is 0. The van der Waals surface area contributed by atoms with E-state index in [1.807, 2.05) is 6.08 Å². The molecule has 0 aromatic rings. The molecular weight excluding hydrogens is 424 g/mol. The molecule has 4 aliphatic rings. The molecule has 0 aliphatic heterocycles. The van der Waals surface area contributed by atoms with Crippen LogP contribution in [0.2, 0.25) is 0 Å². The Hall–Kier alpha value is -1.39. The monoisotopic (exact) mass is 470 g/mol. The molecule has 190 valence electrons. The standard InChI is InChI=1S/C30H46O4/c1-18(9-8-10-19(2)26(33)34)22-17-25(32)30(7)21-11-12-23-27(3,4)24(31)14-15-28(23,5)20(21)13-16-29(22,30)6/h10-11,13,18,22-25,31-32H,8-9,12,14-17H2,1-7H3,(H,33,34)/b19-10+/t18-,22+,23-,24+,25-,28+,29+,30+/m0/s1. The topological polar surface area (TPSA) is 77.8 Å². The molecule has 2 fully saturated rings. The van der Waals surface area contributed by atoms with E-state index in [-0.39, 0.29) is 33.9 Å². The first kappa shape index (κ1) is 25.7. The summed E-state index contributed by atoms with van der Waals surface area (Å²) in [6.07, 6.45) is 12.4. The first-order valence-corrected chi connectivity index (χ1v) is 13.4. The van der Waals surface area contributed by atoms with Crippen molar-refractivity contribution in [2.45, 2.75) is 106 Å². The summed E-state index contributed by atoms with van der Waals surface area (Å²) in [5.74, 6) is 0.359. The second-order valence-corrected chi connectivity index (χ2v) is 13.2. The third kappa shape index (κ3) is 3.42. The summed E-state index contributed by atoms with van der Waals surface area (Å²) >= 11 is 0. The normalized spacial score (nSPS) is 44.3. The van der Waals surface area contributed by atoms with Crippen LogP contribution in [-0.4, -0.2) is 33.5 Å². The highest BCUT2D eigenvalue weighted by atomic mass is 16.4. The van der Waals surface area contributed by atoms with Crippen LogP contribution in [0.1, 0.15) is 93.4 Å². The highest BCUT2D eigenvalue weighted by Crippen LogP contribution is 2.71. The zero-order chi connectivity index (χ0) is 25.3. The van der Waals surface area contributed by atoms with Crippen LogP contribution in [0.5, 0.6) is 0 Å². The van der Waals surface area contributed by atoms with Crippen molar-refractivity contribution in [2.24, 2.45) is 39.4 Å².